The highest BCUT2D eigenvalue weighted by Gasteiger charge is 2.31. The van der Waals surface area contributed by atoms with Crippen LogP contribution in [0.4, 0.5) is 10.1 Å². The van der Waals surface area contributed by atoms with E-state index in [1.54, 1.807) is 0 Å². The van der Waals surface area contributed by atoms with Crippen LogP contribution in [-0.2, 0) is 0 Å². The summed E-state index contributed by atoms with van der Waals surface area (Å²) in [6.45, 7) is 2.16. The first kappa shape index (κ1) is 14.9. The Hall–Kier alpha value is -1.06. The Kier molecular flexibility index (Phi) is 4.23. The molecule has 1 aliphatic rings. The third-order valence-electron chi connectivity index (χ3n) is 4.12. The van der Waals surface area contributed by atoms with Crippen molar-refractivity contribution in [3.63, 3.8) is 0 Å². The van der Waals surface area contributed by atoms with Crippen molar-refractivity contribution in [1.82, 2.24) is 0 Å². The number of hydrogen-bond donors (Lipinski definition) is 1. The van der Waals surface area contributed by atoms with Gasteiger partial charge < -0.3 is 5.32 Å². The normalized spacial score (nSPS) is 21.0. The first-order valence-corrected chi connectivity index (χ1v) is 8.18. The molecule has 0 aliphatic heterocycles. The quantitative estimate of drug-likeness (QED) is 0.710. The highest BCUT2D eigenvalue weighted by atomic mass is 79.9. The number of aryl methyl sites for hydroxylation is 1. The van der Waals surface area contributed by atoms with Gasteiger partial charge in [-0.2, -0.15) is 0 Å². The van der Waals surface area contributed by atoms with Gasteiger partial charge in [0, 0.05) is 10.5 Å². The van der Waals surface area contributed by atoms with E-state index in [-0.39, 0.29) is 5.82 Å². The summed E-state index contributed by atoms with van der Waals surface area (Å²) in [6.07, 6.45) is 2.15. The minimum atomic E-state index is -0.330. The van der Waals surface area contributed by atoms with E-state index in [0.717, 1.165) is 18.5 Å². The van der Waals surface area contributed by atoms with E-state index in [9.17, 15) is 4.39 Å². The van der Waals surface area contributed by atoms with Gasteiger partial charge in [0.25, 0.3) is 0 Å². The maximum Gasteiger partial charge on any atom is 0.125 e. The second-order valence-electron chi connectivity index (χ2n) is 5.61. The lowest BCUT2D eigenvalue weighted by Crippen LogP contribution is -2.34. The topological polar surface area (TPSA) is 12.0 Å². The molecular formula is C17H16BrClFN. The summed E-state index contributed by atoms with van der Waals surface area (Å²) in [6, 6.07) is 11.7. The third-order valence-corrected chi connectivity index (χ3v) is 5.05. The molecule has 4 heteroatoms. The molecule has 0 radical (unpaired) electrons. The first-order valence-electron chi connectivity index (χ1n) is 7.01. The van der Waals surface area contributed by atoms with Crippen molar-refractivity contribution in [2.45, 2.75) is 31.7 Å². The Morgan fingerprint density at radius 2 is 1.95 bits per heavy atom. The second kappa shape index (κ2) is 5.98. The van der Waals surface area contributed by atoms with Crippen LogP contribution < -0.4 is 5.32 Å². The van der Waals surface area contributed by atoms with Gasteiger partial charge >= 0.3 is 0 Å². The van der Waals surface area contributed by atoms with E-state index in [4.69, 9.17) is 11.6 Å². The fraction of sp³-hybridized carbons (Fsp3) is 0.294. The van der Waals surface area contributed by atoms with Crippen molar-refractivity contribution in [3.8, 4) is 0 Å². The standard InChI is InChI=1S/C17H16BrClFN/c1-10-4-2-3-5-14(10)11-6-13(7-11)21-17-15(18)8-12(20)9-16(17)19/h2-5,8-9,11,13,21H,6-7H2,1H3. The lowest BCUT2D eigenvalue weighted by atomic mass is 9.74. The van der Waals surface area contributed by atoms with Gasteiger partial charge in [0.1, 0.15) is 5.82 Å². The zero-order chi connectivity index (χ0) is 15.0. The largest absolute Gasteiger partial charge is 0.380 e. The molecule has 2 aromatic rings. The molecule has 110 valence electrons. The van der Waals surface area contributed by atoms with E-state index in [0.29, 0.717) is 21.5 Å². The number of rotatable bonds is 3. The Morgan fingerprint density at radius 3 is 2.62 bits per heavy atom. The van der Waals surface area contributed by atoms with Crippen molar-refractivity contribution in [2.24, 2.45) is 0 Å². The molecule has 1 aliphatic carbocycles. The zero-order valence-electron chi connectivity index (χ0n) is 11.7. The number of benzene rings is 2. The maximum absolute atomic E-state index is 13.2. The predicted octanol–water partition coefficient (Wildman–Crippen LogP) is 5.91. The van der Waals surface area contributed by atoms with E-state index in [1.165, 1.54) is 23.3 Å². The van der Waals surface area contributed by atoms with E-state index in [1.807, 2.05) is 0 Å². The molecule has 3 rings (SSSR count). The van der Waals surface area contributed by atoms with Crippen LogP contribution in [-0.4, -0.2) is 6.04 Å². The van der Waals surface area contributed by atoms with Gasteiger partial charge in [-0.05, 0) is 64.9 Å². The highest BCUT2D eigenvalue weighted by Crippen LogP contribution is 2.42. The van der Waals surface area contributed by atoms with Crippen molar-refractivity contribution >= 4 is 33.2 Å². The molecule has 2 aromatic carbocycles. The lowest BCUT2D eigenvalue weighted by molar-refractivity contribution is 0.373. The molecule has 1 fully saturated rings. The summed E-state index contributed by atoms with van der Waals surface area (Å²) < 4.78 is 13.9. The van der Waals surface area contributed by atoms with Crippen LogP contribution in [0.1, 0.15) is 29.9 Å². The Bertz CT molecular complexity index is 645. The van der Waals surface area contributed by atoms with Crippen LogP contribution in [0, 0.1) is 12.7 Å². The monoisotopic (exact) mass is 367 g/mol. The second-order valence-corrected chi connectivity index (χ2v) is 6.87. The fourth-order valence-electron chi connectivity index (χ4n) is 2.92. The molecule has 1 saturated carbocycles. The van der Waals surface area contributed by atoms with Crippen molar-refractivity contribution in [3.05, 3.63) is 62.8 Å². The van der Waals surface area contributed by atoms with Crippen LogP contribution in [0.15, 0.2) is 40.9 Å². The summed E-state index contributed by atoms with van der Waals surface area (Å²) in [5.41, 5.74) is 3.56. The summed E-state index contributed by atoms with van der Waals surface area (Å²) in [7, 11) is 0. The van der Waals surface area contributed by atoms with Crippen molar-refractivity contribution < 1.29 is 4.39 Å². The molecule has 0 unspecified atom stereocenters. The Labute approximate surface area is 137 Å². The summed E-state index contributed by atoms with van der Waals surface area (Å²) >= 11 is 9.47. The molecule has 0 bridgehead atoms. The first-order chi connectivity index (χ1) is 10.0. The molecule has 0 atom stereocenters. The van der Waals surface area contributed by atoms with Crippen LogP contribution in [0.3, 0.4) is 0 Å². The smallest absolute Gasteiger partial charge is 0.125 e. The average molecular weight is 369 g/mol. The van der Waals surface area contributed by atoms with Gasteiger partial charge in [0.2, 0.25) is 0 Å². The molecule has 0 aromatic heterocycles. The minimum Gasteiger partial charge on any atom is -0.380 e. The number of nitrogens with one attached hydrogen (secondary N) is 1. The SMILES string of the molecule is Cc1ccccc1C1CC(Nc2c(Cl)cc(F)cc2Br)C1. The van der Waals surface area contributed by atoms with E-state index >= 15 is 0 Å². The number of anilines is 1. The van der Waals surface area contributed by atoms with E-state index < -0.39 is 0 Å². The van der Waals surface area contributed by atoms with Crippen LogP contribution in [0.25, 0.3) is 0 Å². The van der Waals surface area contributed by atoms with Gasteiger partial charge in [-0.1, -0.05) is 35.9 Å². The van der Waals surface area contributed by atoms with Crippen molar-refractivity contribution in [1.29, 1.82) is 0 Å². The van der Waals surface area contributed by atoms with Crippen LogP contribution in [0.2, 0.25) is 5.02 Å². The van der Waals surface area contributed by atoms with Gasteiger partial charge in [-0.3, -0.25) is 0 Å². The molecule has 1 nitrogen and oxygen atoms in total. The van der Waals surface area contributed by atoms with Gasteiger partial charge in [-0.25, -0.2) is 4.39 Å². The Morgan fingerprint density at radius 1 is 1.24 bits per heavy atom. The van der Waals surface area contributed by atoms with Crippen LogP contribution in [0.5, 0.6) is 0 Å². The zero-order valence-corrected chi connectivity index (χ0v) is 14.0. The fourth-order valence-corrected chi connectivity index (χ4v) is 3.84. The number of hydrogen-bond acceptors (Lipinski definition) is 1. The van der Waals surface area contributed by atoms with Gasteiger partial charge in [0.05, 0.1) is 10.7 Å². The molecule has 21 heavy (non-hydrogen) atoms. The lowest BCUT2D eigenvalue weighted by Gasteiger charge is -2.38. The molecule has 0 amide bonds. The molecule has 0 spiro atoms. The summed E-state index contributed by atoms with van der Waals surface area (Å²) in [5, 5.41) is 3.83. The molecule has 1 N–H and O–H groups in total. The molecular weight excluding hydrogens is 353 g/mol. The highest BCUT2D eigenvalue weighted by molar-refractivity contribution is 9.10. The molecule has 0 saturated heterocycles. The molecule has 0 heterocycles. The third kappa shape index (κ3) is 3.09. The minimum absolute atomic E-state index is 0.330. The van der Waals surface area contributed by atoms with Gasteiger partial charge in [0.15, 0.2) is 0 Å². The maximum atomic E-state index is 13.2. The summed E-state index contributed by atoms with van der Waals surface area (Å²) in [4.78, 5) is 0. The Balaban J connectivity index is 1.67. The summed E-state index contributed by atoms with van der Waals surface area (Å²) in [5.74, 6) is 0.269. The van der Waals surface area contributed by atoms with E-state index in [2.05, 4.69) is 52.4 Å². The predicted molar refractivity (Wildman–Crippen MR) is 89.7 cm³/mol. The van der Waals surface area contributed by atoms with Gasteiger partial charge in [-0.15, -0.1) is 0 Å². The number of halogens is 3. The average Bonchev–Trinajstić information content (AvgIpc) is 2.37. The van der Waals surface area contributed by atoms with Crippen LogP contribution >= 0.6 is 27.5 Å². The van der Waals surface area contributed by atoms with Crippen molar-refractivity contribution in [2.75, 3.05) is 5.32 Å².